The van der Waals surface area contributed by atoms with E-state index in [1.807, 2.05) is 30.0 Å². The van der Waals surface area contributed by atoms with Gasteiger partial charge in [-0.25, -0.2) is 4.98 Å². The van der Waals surface area contributed by atoms with Crippen LogP contribution in [0, 0.1) is 13.8 Å². The molecular formula is C46H51ClN4O3. The number of pyridine rings is 1. The molecule has 0 atom stereocenters. The van der Waals surface area contributed by atoms with E-state index >= 15 is 0 Å². The number of nitrogens with zero attached hydrogens (tertiary/aromatic N) is 4. The Morgan fingerprint density at radius 1 is 0.870 bits per heavy atom. The lowest BCUT2D eigenvalue weighted by atomic mass is 10.0. The van der Waals surface area contributed by atoms with Crippen molar-refractivity contribution in [1.82, 2.24) is 14.8 Å². The lowest BCUT2D eigenvalue weighted by Crippen LogP contribution is -2.47. The highest BCUT2D eigenvalue weighted by molar-refractivity contribution is 6.32. The second kappa shape index (κ2) is 18.3. The number of hydrogen-bond donors (Lipinski definition) is 0. The summed E-state index contributed by atoms with van der Waals surface area (Å²) < 4.78 is 11.9. The zero-order chi connectivity index (χ0) is 38.0. The van der Waals surface area contributed by atoms with Crippen LogP contribution in [0.1, 0.15) is 58.7 Å². The maximum absolute atomic E-state index is 13.1. The SMILES string of the molecule is Cc1ccc(COc2ccc(Oc3c(C)cc(C=CC(=O)N4CCN(Cc5ccc(CCN(C)c6ccc(C(C)C)cc6)cc5)CC4)cc3Cl)nc2)cc1. The van der Waals surface area contributed by atoms with Gasteiger partial charge in [-0.05, 0) is 96.0 Å². The highest BCUT2D eigenvalue weighted by Crippen LogP contribution is 2.34. The Morgan fingerprint density at radius 2 is 1.56 bits per heavy atom. The van der Waals surface area contributed by atoms with E-state index < -0.39 is 0 Å². The van der Waals surface area contributed by atoms with Crippen LogP contribution >= 0.6 is 11.6 Å². The van der Waals surface area contributed by atoms with Crippen molar-refractivity contribution in [1.29, 1.82) is 0 Å². The zero-order valence-corrected chi connectivity index (χ0v) is 32.9. The number of ether oxygens (including phenoxy) is 2. The molecule has 4 aromatic carbocycles. The first-order valence-electron chi connectivity index (χ1n) is 18.8. The quantitative estimate of drug-likeness (QED) is 0.106. The number of hydrogen-bond acceptors (Lipinski definition) is 6. The van der Waals surface area contributed by atoms with Crippen molar-refractivity contribution in [2.45, 2.75) is 53.2 Å². The van der Waals surface area contributed by atoms with E-state index in [-0.39, 0.29) is 5.91 Å². The standard InChI is InChI=1S/C46H51ClN4O3/c1-33(2)40-15-17-41(18-16-40)49(5)23-22-36-10-12-37(13-11-36)31-50-24-26-51(27-25-50)45(52)21-14-39-28-35(4)46(43(47)29-39)54-44-20-19-42(30-48-44)53-32-38-8-6-34(3)7-9-38/h6-21,28-30,33H,22-27,31-32H2,1-5H3. The normalized spacial score (nSPS) is 13.4. The predicted octanol–water partition coefficient (Wildman–Crippen LogP) is 9.88. The number of halogens is 1. The number of rotatable bonds is 14. The number of piperazine rings is 1. The maximum atomic E-state index is 13.1. The van der Waals surface area contributed by atoms with E-state index in [9.17, 15) is 4.79 Å². The highest BCUT2D eigenvalue weighted by atomic mass is 35.5. The predicted molar refractivity (Wildman–Crippen MR) is 221 cm³/mol. The van der Waals surface area contributed by atoms with Crippen molar-refractivity contribution >= 4 is 29.3 Å². The minimum Gasteiger partial charge on any atom is -0.487 e. The molecule has 1 saturated heterocycles. The van der Waals surface area contributed by atoms with Crippen LogP contribution in [0.3, 0.4) is 0 Å². The van der Waals surface area contributed by atoms with E-state index in [2.05, 4.69) is 115 Å². The van der Waals surface area contributed by atoms with Crippen molar-refractivity contribution in [3.8, 4) is 17.4 Å². The number of amides is 1. The van der Waals surface area contributed by atoms with Crippen LogP contribution in [-0.2, 0) is 24.4 Å². The Hall–Kier alpha value is -5.11. The summed E-state index contributed by atoms with van der Waals surface area (Å²) in [5.41, 5.74) is 9.24. The minimum atomic E-state index is 0.00262. The molecule has 1 fully saturated rings. The highest BCUT2D eigenvalue weighted by Gasteiger charge is 2.20. The van der Waals surface area contributed by atoms with Crippen molar-refractivity contribution < 1.29 is 14.3 Å². The maximum Gasteiger partial charge on any atom is 0.246 e. The number of carbonyl (C=O) groups is 1. The number of benzene rings is 4. The molecule has 0 unspecified atom stereocenters. The van der Waals surface area contributed by atoms with Crippen LogP contribution in [-0.4, -0.2) is 60.5 Å². The average Bonchev–Trinajstić information content (AvgIpc) is 3.18. The van der Waals surface area contributed by atoms with Gasteiger partial charge < -0.3 is 19.3 Å². The largest absolute Gasteiger partial charge is 0.487 e. The molecule has 7 nitrogen and oxygen atoms in total. The average molecular weight is 743 g/mol. The molecule has 0 N–H and O–H groups in total. The molecule has 54 heavy (non-hydrogen) atoms. The van der Waals surface area contributed by atoms with Gasteiger partial charge in [-0.1, -0.05) is 91.7 Å². The summed E-state index contributed by atoms with van der Waals surface area (Å²) in [5, 5.41) is 0.449. The monoisotopic (exact) mass is 742 g/mol. The Morgan fingerprint density at radius 3 is 2.20 bits per heavy atom. The number of likely N-dealkylation sites (N-methyl/N-ethyl adjacent to an activating group) is 1. The number of anilines is 1. The van der Waals surface area contributed by atoms with E-state index in [0.717, 1.165) is 49.3 Å². The van der Waals surface area contributed by atoms with Crippen molar-refractivity contribution in [2.24, 2.45) is 0 Å². The second-order valence-corrected chi connectivity index (χ2v) is 14.9. The number of aryl methyl sites for hydroxylation is 2. The van der Waals surface area contributed by atoms with E-state index in [1.54, 1.807) is 24.4 Å². The van der Waals surface area contributed by atoms with Crippen molar-refractivity contribution in [3.63, 3.8) is 0 Å². The second-order valence-electron chi connectivity index (χ2n) is 14.5. The Labute approximate surface area is 325 Å². The van der Waals surface area contributed by atoms with E-state index in [4.69, 9.17) is 21.1 Å². The summed E-state index contributed by atoms with van der Waals surface area (Å²) in [6, 6.07) is 33.5. The molecule has 0 spiro atoms. The van der Waals surface area contributed by atoms with Gasteiger partial charge in [0.25, 0.3) is 0 Å². The third kappa shape index (κ3) is 10.7. The van der Waals surface area contributed by atoms with Crippen LogP contribution in [0.25, 0.3) is 6.08 Å². The van der Waals surface area contributed by atoms with Crippen LogP contribution in [0.2, 0.25) is 5.02 Å². The summed E-state index contributed by atoms with van der Waals surface area (Å²) in [6.45, 7) is 13.8. The Bertz CT molecular complexity index is 1980. The molecule has 1 aliphatic heterocycles. The topological polar surface area (TPSA) is 58.1 Å². The van der Waals surface area contributed by atoms with E-state index in [0.29, 0.717) is 48.0 Å². The first kappa shape index (κ1) is 38.6. The van der Waals surface area contributed by atoms with Crippen molar-refractivity contribution in [3.05, 3.63) is 153 Å². The summed E-state index contributed by atoms with van der Waals surface area (Å²) in [7, 11) is 2.16. The summed E-state index contributed by atoms with van der Waals surface area (Å²) >= 11 is 6.65. The molecule has 1 aliphatic rings. The van der Waals surface area contributed by atoms with Gasteiger partial charge >= 0.3 is 0 Å². The van der Waals surface area contributed by atoms with Gasteiger partial charge in [0, 0.05) is 64.1 Å². The van der Waals surface area contributed by atoms with Gasteiger partial charge in [0.05, 0.1) is 11.2 Å². The first-order valence-corrected chi connectivity index (χ1v) is 19.2. The molecule has 0 radical (unpaired) electrons. The molecule has 0 aliphatic carbocycles. The van der Waals surface area contributed by atoms with Gasteiger partial charge in [-0.3, -0.25) is 9.69 Å². The number of carbonyl (C=O) groups excluding carboxylic acids is 1. The molecule has 0 saturated carbocycles. The molecule has 280 valence electrons. The third-order valence-electron chi connectivity index (χ3n) is 9.96. The fourth-order valence-corrected chi connectivity index (χ4v) is 6.77. The summed E-state index contributed by atoms with van der Waals surface area (Å²) in [4.78, 5) is 24.1. The van der Waals surface area contributed by atoms with Crippen LogP contribution in [0.15, 0.2) is 109 Å². The molecule has 1 amide bonds. The molecule has 2 heterocycles. The van der Waals surface area contributed by atoms with Gasteiger partial charge in [0.1, 0.15) is 12.4 Å². The third-order valence-corrected chi connectivity index (χ3v) is 10.2. The van der Waals surface area contributed by atoms with Gasteiger partial charge in [-0.2, -0.15) is 0 Å². The lowest BCUT2D eigenvalue weighted by Gasteiger charge is -2.34. The fourth-order valence-electron chi connectivity index (χ4n) is 6.46. The Balaban J connectivity index is 0.928. The van der Waals surface area contributed by atoms with Crippen LogP contribution in [0.4, 0.5) is 5.69 Å². The van der Waals surface area contributed by atoms with E-state index in [1.165, 1.54) is 27.9 Å². The Kier molecular flexibility index (Phi) is 13.1. The zero-order valence-electron chi connectivity index (χ0n) is 32.1. The van der Waals surface area contributed by atoms with Gasteiger partial charge in [0.2, 0.25) is 11.8 Å². The molecule has 8 heteroatoms. The van der Waals surface area contributed by atoms with Gasteiger partial charge in [-0.15, -0.1) is 0 Å². The van der Waals surface area contributed by atoms with Crippen molar-refractivity contribution in [2.75, 3.05) is 44.7 Å². The lowest BCUT2D eigenvalue weighted by molar-refractivity contribution is -0.127. The molecule has 5 aromatic rings. The molecule has 0 bridgehead atoms. The summed E-state index contributed by atoms with van der Waals surface area (Å²) in [6.07, 6.45) is 6.09. The molecule has 6 rings (SSSR count). The van der Waals surface area contributed by atoms with Gasteiger partial charge in [0.15, 0.2) is 5.75 Å². The molecule has 1 aromatic heterocycles. The first-order chi connectivity index (χ1) is 26.1. The summed E-state index contributed by atoms with van der Waals surface area (Å²) in [5.74, 6) is 2.15. The van der Waals surface area contributed by atoms with Crippen LogP contribution in [0.5, 0.6) is 17.4 Å². The number of aromatic nitrogens is 1. The fraction of sp³-hybridized carbons (Fsp3) is 0.304. The molecular weight excluding hydrogens is 692 g/mol. The smallest absolute Gasteiger partial charge is 0.246 e. The minimum absolute atomic E-state index is 0.00262. The van der Waals surface area contributed by atoms with Crippen LogP contribution < -0.4 is 14.4 Å².